The first-order valence-electron chi connectivity index (χ1n) is 8.73. The Hall–Kier alpha value is -3.57. The molecule has 3 rings (SSSR count). The molecule has 1 aromatic heterocycles. The molecule has 1 aromatic carbocycles. The van der Waals surface area contributed by atoms with Gasteiger partial charge in [-0.2, -0.15) is 0 Å². The van der Waals surface area contributed by atoms with E-state index < -0.39 is 24.9 Å². The van der Waals surface area contributed by atoms with E-state index in [2.05, 4.69) is 10.3 Å². The van der Waals surface area contributed by atoms with Crippen molar-refractivity contribution in [3.05, 3.63) is 65.6 Å². The van der Waals surface area contributed by atoms with E-state index in [-0.39, 0.29) is 24.3 Å². The number of carbonyl (C=O) groups is 2. The molecule has 0 fully saturated rings. The van der Waals surface area contributed by atoms with Crippen LogP contribution >= 0.6 is 0 Å². The molecule has 10 nitrogen and oxygen atoms in total. The van der Waals surface area contributed by atoms with Crippen molar-refractivity contribution in [1.29, 1.82) is 0 Å². The number of nitrogens with one attached hydrogen (secondary N) is 1. The number of amides is 1. The molecule has 0 saturated heterocycles. The minimum atomic E-state index is -1.39. The van der Waals surface area contributed by atoms with Crippen LogP contribution in [0.5, 0.6) is 5.75 Å². The Morgan fingerprint density at radius 1 is 1.38 bits per heavy atom. The van der Waals surface area contributed by atoms with Crippen molar-refractivity contribution in [1.82, 2.24) is 15.3 Å². The maximum Gasteiger partial charge on any atom is 0.547 e. The normalized spacial score (nSPS) is 15.9. The zero-order valence-electron chi connectivity index (χ0n) is 15.4. The van der Waals surface area contributed by atoms with Gasteiger partial charge in [-0.1, -0.05) is 12.1 Å². The number of nitrogens with two attached hydrogens (primary N) is 2. The Bertz CT molecular complexity index is 939. The fourth-order valence-corrected chi connectivity index (χ4v) is 2.97. The molecule has 7 N–H and O–H groups in total. The van der Waals surface area contributed by atoms with E-state index in [4.69, 9.17) is 16.2 Å². The number of carbonyl (C=O) groups excluding carboxylic acids is 1. The molecule has 2 heterocycles. The highest BCUT2D eigenvalue weighted by atomic mass is 16.5. The third kappa shape index (κ3) is 4.84. The van der Waals surface area contributed by atoms with Crippen LogP contribution in [0.3, 0.4) is 0 Å². The number of para-hydroxylation sites is 1. The summed E-state index contributed by atoms with van der Waals surface area (Å²) >= 11 is 0. The molecule has 0 spiro atoms. The van der Waals surface area contributed by atoms with E-state index >= 15 is 0 Å². The van der Waals surface area contributed by atoms with E-state index in [0.29, 0.717) is 16.8 Å². The highest BCUT2D eigenvalue weighted by Gasteiger charge is 2.37. The summed E-state index contributed by atoms with van der Waals surface area (Å²) in [5.74, 6) is 3.54. The van der Waals surface area contributed by atoms with Crippen LogP contribution in [-0.4, -0.2) is 51.6 Å². The van der Waals surface area contributed by atoms with Gasteiger partial charge in [0.15, 0.2) is 0 Å². The summed E-state index contributed by atoms with van der Waals surface area (Å²) < 4.78 is 5.34. The molecule has 11 heteroatoms. The number of fused-ring (bicyclic) bond motifs is 1. The van der Waals surface area contributed by atoms with Crippen molar-refractivity contribution in [2.45, 2.75) is 12.4 Å². The highest BCUT2D eigenvalue weighted by Crippen LogP contribution is 2.30. The number of hydrogen-bond donors (Lipinski definition) is 5. The molecule has 150 valence electrons. The number of nitrogens with zero attached hydrogens (tertiary/aromatic N) is 2. The molecule has 29 heavy (non-hydrogen) atoms. The molecule has 1 amide bonds. The second-order valence-corrected chi connectivity index (χ2v) is 6.48. The summed E-state index contributed by atoms with van der Waals surface area (Å²) in [5.41, 5.74) is 7.45. The lowest BCUT2D eigenvalue weighted by molar-refractivity contribution is -0.122. The van der Waals surface area contributed by atoms with Crippen LogP contribution in [0.15, 0.2) is 48.9 Å². The summed E-state index contributed by atoms with van der Waals surface area (Å²) in [4.78, 5) is 27.5. The van der Waals surface area contributed by atoms with E-state index in [1.165, 1.54) is 12.3 Å². The number of hydrogen-bond acceptors (Lipinski definition) is 8. The topological polar surface area (TPSA) is 164 Å². The quantitative estimate of drug-likeness (QED) is 0.242. The van der Waals surface area contributed by atoms with Crippen LogP contribution in [0.4, 0.5) is 0 Å². The molecule has 0 saturated carbocycles. The average Bonchev–Trinajstić information content (AvgIpc) is 2.68. The molecule has 2 aromatic rings. The fraction of sp³-hybridized carbons (Fsp3) is 0.167. The van der Waals surface area contributed by atoms with Gasteiger partial charge in [-0.3, -0.25) is 9.78 Å². The van der Waals surface area contributed by atoms with Gasteiger partial charge in [-0.05, 0) is 30.2 Å². The van der Waals surface area contributed by atoms with Crippen molar-refractivity contribution in [3.63, 3.8) is 0 Å². The second-order valence-electron chi connectivity index (χ2n) is 6.48. The summed E-state index contributed by atoms with van der Waals surface area (Å²) in [6.45, 7) is -0.216. The maximum absolute atomic E-state index is 12.3. The van der Waals surface area contributed by atoms with E-state index in [1.807, 2.05) is 0 Å². The second kappa shape index (κ2) is 8.63. The molecule has 1 aliphatic rings. The van der Waals surface area contributed by atoms with Crippen LogP contribution in [0.1, 0.15) is 21.5 Å². The monoisotopic (exact) mass is 397 g/mol. The Morgan fingerprint density at radius 3 is 2.86 bits per heavy atom. The predicted molar refractivity (Wildman–Crippen MR) is 105 cm³/mol. The zero-order valence-corrected chi connectivity index (χ0v) is 15.4. The maximum atomic E-state index is 12.3. The van der Waals surface area contributed by atoms with Crippen molar-refractivity contribution >= 4 is 24.7 Å². The molecule has 1 aliphatic heterocycles. The lowest BCUT2D eigenvalue weighted by atomic mass is 9.72. The lowest BCUT2D eigenvalue weighted by Gasteiger charge is -2.29. The van der Waals surface area contributed by atoms with Gasteiger partial charge in [0, 0.05) is 24.2 Å². The summed E-state index contributed by atoms with van der Waals surface area (Å²) in [5, 5.41) is 23.2. The third-order valence-electron chi connectivity index (χ3n) is 4.32. The van der Waals surface area contributed by atoms with E-state index in [9.17, 15) is 19.7 Å². The van der Waals surface area contributed by atoms with E-state index in [0.717, 1.165) is 5.01 Å². The van der Waals surface area contributed by atoms with Crippen LogP contribution in [0.25, 0.3) is 5.70 Å². The number of carboxylic acids is 1. The number of benzene rings is 1. The number of aromatic nitrogens is 1. The van der Waals surface area contributed by atoms with Crippen LogP contribution in [-0.2, 0) is 11.2 Å². The molecule has 0 aliphatic carbocycles. The number of pyridine rings is 1. The van der Waals surface area contributed by atoms with Gasteiger partial charge in [0.25, 0.3) is 0 Å². The Balaban J connectivity index is 1.62. The zero-order chi connectivity index (χ0) is 21.0. The number of carboxylic acid groups (broad SMARTS) is 1. The molecular weight excluding hydrogens is 377 g/mol. The standard InChI is InChI=1S/C18H20BN5O5/c20-14(12-4-2-6-22-8-12)9-24(21)10-16(25)23-15-7-11-3-1-5-13(18(26)27)17(11)29-19(15)28/h1-6,8-9,15,28H,7,10,20-21H2,(H,23,25)(H,26,27)/b14-9-. The van der Waals surface area contributed by atoms with Gasteiger partial charge >= 0.3 is 13.1 Å². The average molecular weight is 397 g/mol. The third-order valence-corrected chi connectivity index (χ3v) is 4.32. The van der Waals surface area contributed by atoms with Crippen molar-refractivity contribution in [2.75, 3.05) is 6.54 Å². The summed E-state index contributed by atoms with van der Waals surface area (Å²) in [6.07, 6.45) is 4.79. The largest absolute Gasteiger partial charge is 0.547 e. The first-order chi connectivity index (χ1) is 13.8. The molecule has 0 bridgehead atoms. The Kier molecular flexibility index (Phi) is 6.00. The number of rotatable bonds is 6. The SMILES string of the molecule is N/C(=C\N(N)CC(=O)NC1Cc2cccc(C(=O)O)c2OB1O)c1cccnc1. The number of hydrazine groups is 1. The number of aromatic carboxylic acids is 1. The summed E-state index contributed by atoms with van der Waals surface area (Å²) in [7, 11) is -1.39. The predicted octanol–water partition coefficient (Wildman–Crippen LogP) is -0.648. The van der Waals surface area contributed by atoms with Crippen molar-refractivity contribution < 1.29 is 24.4 Å². The smallest absolute Gasteiger partial charge is 0.534 e. The summed E-state index contributed by atoms with van der Waals surface area (Å²) in [6, 6.07) is 8.13. The Labute approximate surface area is 166 Å². The molecule has 0 radical (unpaired) electrons. The van der Waals surface area contributed by atoms with Gasteiger partial charge in [0.05, 0.1) is 17.2 Å². The first-order valence-corrected chi connectivity index (χ1v) is 8.73. The van der Waals surface area contributed by atoms with Gasteiger partial charge < -0.3 is 30.8 Å². The van der Waals surface area contributed by atoms with Gasteiger partial charge in [-0.25, -0.2) is 10.6 Å². The van der Waals surface area contributed by atoms with Crippen molar-refractivity contribution in [2.24, 2.45) is 11.6 Å². The lowest BCUT2D eigenvalue weighted by Crippen LogP contribution is -2.55. The van der Waals surface area contributed by atoms with Gasteiger partial charge in [-0.15, -0.1) is 0 Å². The van der Waals surface area contributed by atoms with Crippen LogP contribution < -0.4 is 21.5 Å². The minimum absolute atomic E-state index is 0.0459. The Morgan fingerprint density at radius 2 is 2.17 bits per heavy atom. The molecule has 1 atom stereocenters. The molecular formula is C18H20BN5O5. The minimum Gasteiger partial charge on any atom is -0.534 e. The highest BCUT2D eigenvalue weighted by molar-refractivity contribution is 6.47. The van der Waals surface area contributed by atoms with Crippen LogP contribution in [0.2, 0.25) is 0 Å². The van der Waals surface area contributed by atoms with Gasteiger partial charge in [0.1, 0.15) is 12.3 Å². The fourth-order valence-electron chi connectivity index (χ4n) is 2.97. The van der Waals surface area contributed by atoms with Crippen LogP contribution in [0, 0.1) is 0 Å². The van der Waals surface area contributed by atoms with E-state index in [1.54, 1.807) is 36.7 Å². The van der Waals surface area contributed by atoms with Gasteiger partial charge in [0.2, 0.25) is 5.91 Å². The molecule has 1 unspecified atom stereocenters. The van der Waals surface area contributed by atoms with Crippen molar-refractivity contribution in [3.8, 4) is 5.75 Å². The first kappa shape index (κ1) is 20.2.